The van der Waals surface area contributed by atoms with Gasteiger partial charge in [-0.25, -0.2) is 0 Å². The van der Waals surface area contributed by atoms with E-state index >= 15 is 0 Å². The van der Waals surface area contributed by atoms with Crippen molar-refractivity contribution in [1.82, 2.24) is 0 Å². The highest BCUT2D eigenvalue weighted by atomic mass is 28.4. The van der Waals surface area contributed by atoms with Crippen molar-refractivity contribution in [2.75, 3.05) is 19.8 Å². The summed E-state index contributed by atoms with van der Waals surface area (Å²) in [5.41, 5.74) is 2.90. The summed E-state index contributed by atoms with van der Waals surface area (Å²) in [6, 6.07) is 34.3. The van der Waals surface area contributed by atoms with Crippen LogP contribution >= 0.6 is 0 Å². The Morgan fingerprint density at radius 2 is 0.721 bits per heavy atom. The Bertz CT molecular complexity index is 1690. The molecule has 0 aromatic heterocycles. The topological polar surface area (TPSA) is 102 Å². The van der Waals surface area contributed by atoms with Gasteiger partial charge in [0.15, 0.2) is 0 Å². The Morgan fingerprint density at radius 1 is 0.410 bits per heavy atom. The zero-order chi connectivity index (χ0) is 43.4. The highest BCUT2D eigenvalue weighted by Crippen LogP contribution is 2.26. The molecule has 3 unspecified atom stereocenters. The van der Waals surface area contributed by atoms with Crippen molar-refractivity contribution < 1.29 is 14.2 Å². The number of nitrogens with zero attached hydrogens (tertiary/aromatic N) is 6. The van der Waals surface area contributed by atoms with Crippen LogP contribution in [0.2, 0.25) is 0 Å². The molecule has 4 aromatic carbocycles. The number of benzene rings is 4. The number of hydrogen-bond acceptors (Lipinski definition) is 9. The van der Waals surface area contributed by atoms with Crippen LogP contribution in [0, 0.1) is 17.8 Å². The lowest BCUT2D eigenvalue weighted by molar-refractivity contribution is 0.231. The van der Waals surface area contributed by atoms with E-state index in [1.54, 1.807) is 0 Å². The van der Waals surface area contributed by atoms with E-state index in [1.165, 1.54) is 57.8 Å². The molecule has 0 aliphatic heterocycles. The Labute approximate surface area is 369 Å². The molecular formula is C51H74N6O3Si. The minimum atomic E-state index is -3.60. The summed E-state index contributed by atoms with van der Waals surface area (Å²) in [7, 11) is -3.60. The maximum Gasteiger partial charge on any atom is 0.524 e. The van der Waals surface area contributed by atoms with Gasteiger partial charge in [0.1, 0.15) is 17.2 Å². The summed E-state index contributed by atoms with van der Waals surface area (Å²) in [5.74, 6) is 4.05. The van der Waals surface area contributed by atoms with Crippen LogP contribution in [0.25, 0.3) is 0 Å². The second-order valence-corrected chi connectivity index (χ2v) is 18.7. The van der Waals surface area contributed by atoms with Crippen LogP contribution in [0.3, 0.4) is 0 Å². The molecule has 330 valence electrons. The van der Waals surface area contributed by atoms with Crippen molar-refractivity contribution in [3.63, 3.8) is 0 Å². The van der Waals surface area contributed by atoms with Gasteiger partial charge in [0.2, 0.25) is 0 Å². The Hall–Kier alpha value is -4.70. The molecule has 10 heteroatoms. The standard InChI is InChI=1S/C51H74N6O3Si/c1-7-13-25-42(10-4)39-58-49-33-22-19-28-45(49)36-52-55-61(48-31-17-16-18-32-48,56-53-37-46-29-20-23-34-50(46)59-40-43(11-5)26-14-8-2)57-54-38-47-30-21-24-35-51(47)60-41-44(12-6)27-15-9-3/h16-24,28-35,42-44H,7-15,25-27,36-41H2,1-6H3. The van der Waals surface area contributed by atoms with Gasteiger partial charge in [-0.3, -0.25) is 0 Å². The minimum absolute atomic E-state index is 0.315. The van der Waals surface area contributed by atoms with Crippen LogP contribution in [0.15, 0.2) is 133 Å². The number of rotatable bonds is 31. The molecule has 0 radical (unpaired) electrons. The molecule has 0 heterocycles. The molecule has 4 aromatic rings. The van der Waals surface area contributed by atoms with Crippen LogP contribution in [0.4, 0.5) is 0 Å². The van der Waals surface area contributed by atoms with E-state index in [9.17, 15) is 0 Å². The monoisotopic (exact) mass is 847 g/mol. The van der Waals surface area contributed by atoms with Crippen molar-refractivity contribution >= 4 is 13.7 Å². The van der Waals surface area contributed by atoms with Gasteiger partial charge in [-0.15, -0.1) is 0 Å². The number of unbranched alkanes of at least 4 members (excludes halogenated alkanes) is 3. The molecule has 0 aliphatic carbocycles. The normalized spacial score (nSPS) is 14.3. The minimum Gasteiger partial charge on any atom is -0.493 e. The Balaban J connectivity index is 1.67. The van der Waals surface area contributed by atoms with Crippen molar-refractivity contribution in [1.29, 1.82) is 0 Å². The molecule has 0 bridgehead atoms. The fourth-order valence-corrected chi connectivity index (χ4v) is 9.08. The van der Waals surface area contributed by atoms with E-state index in [0.717, 1.165) is 58.4 Å². The van der Waals surface area contributed by atoms with E-state index in [4.69, 9.17) is 43.9 Å². The van der Waals surface area contributed by atoms with Gasteiger partial charge >= 0.3 is 8.56 Å². The molecule has 4 rings (SSSR count). The van der Waals surface area contributed by atoms with Gasteiger partial charge in [-0.1, -0.05) is 184 Å². The SMILES string of the molecule is CCCCC(CC)COc1ccccc1CN=N[Si](N=NCc1ccccc1OCC(CC)CCCC)(N=NCc1ccccc1OCC(CC)CCCC)c1ccccc1. The smallest absolute Gasteiger partial charge is 0.493 e. The summed E-state index contributed by atoms with van der Waals surface area (Å²) in [6.07, 6.45) is 14.0. The molecule has 3 atom stereocenters. The van der Waals surface area contributed by atoms with Crippen LogP contribution < -0.4 is 19.4 Å². The summed E-state index contributed by atoms with van der Waals surface area (Å²) in [6.45, 7) is 16.4. The lowest BCUT2D eigenvalue weighted by Gasteiger charge is -2.18. The second kappa shape index (κ2) is 28.8. The van der Waals surface area contributed by atoms with Gasteiger partial charge in [0.05, 0.1) is 39.5 Å². The van der Waals surface area contributed by atoms with Crippen LogP contribution in [0.1, 0.15) is 135 Å². The third-order valence-corrected chi connectivity index (χ3v) is 13.9. The van der Waals surface area contributed by atoms with Gasteiger partial charge in [0, 0.05) is 21.9 Å². The summed E-state index contributed by atoms with van der Waals surface area (Å²) in [4.78, 5) is 0. The zero-order valence-corrected chi connectivity index (χ0v) is 39.2. The van der Waals surface area contributed by atoms with Gasteiger partial charge in [-0.05, 0) is 55.2 Å². The molecule has 0 saturated heterocycles. The molecule has 0 amide bonds. The van der Waals surface area contributed by atoms with Crippen molar-refractivity contribution in [3.05, 3.63) is 120 Å². The molecule has 9 nitrogen and oxygen atoms in total. The summed E-state index contributed by atoms with van der Waals surface area (Å²) < 4.78 is 34.4. The van der Waals surface area contributed by atoms with Gasteiger partial charge < -0.3 is 14.2 Å². The first-order valence-corrected chi connectivity index (χ1v) is 25.2. The zero-order valence-electron chi connectivity index (χ0n) is 38.2. The number of ether oxygens (including phenoxy) is 3. The molecule has 61 heavy (non-hydrogen) atoms. The largest absolute Gasteiger partial charge is 0.524 e. The third-order valence-electron chi connectivity index (χ3n) is 11.5. The van der Waals surface area contributed by atoms with Gasteiger partial charge in [0.25, 0.3) is 0 Å². The first-order valence-electron chi connectivity index (χ1n) is 23.3. The molecule has 0 spiro atoms. The van der Waals surface area contributed by atoms with Crippen LogP contribution in [0.5, 0.6) is 17.2 Å². The average molecular weight is 847 g/mol. The predicted molar refractivity (Wildman–Crippen MR) is 253 cm³/mol. The highest BCUT2D eigenvalue weighted by molar-refractivity contribution is 6.86. The van der Waals surface area contributed by atoms with Crippen molar-refractivity contribution in [3.8, 4) is 17.2 Å². The molecular weight excluding hydrogens is 773 g/mol. The van der Waals surface area contributed by atoms with E-state index < -0.39 is 8.56 Å². The van der Waals surface area contributed by atoms with Crippen molar-refractivity contribution in [2.24, 2.45) is 47.4 Å². The molecule has 0 saturated carbocycles. The van der Waals surface area contributed by atoms with Crippen molar-refractivity contribution in [2.45, 2.75) is 138 Å². The molecule has 0 fully saturated rings. The fraction of sp³-hybridized carbons (Fsp3) is 0.529. The van der Waals surface area contributed by atoms with Crippen LogP contribution in [-0.4, -0.2) is 28.4 Å². The Kier molecular flexibility index (Phi) is 23.1. The van der Waals surface area contributed by atoms with Gasteiger partial charge in [-0.2, -0.15) is 29.7 Å². The first kappa shape index (κ1) is 49.0. The van der Waals surface area contributed by atoms with Crippen LogP contribution in [-0.2, 0) is 19.6 Å². The van der Waals surface area contributed by atoms with E-state index in [2.05, 4.69) is 59.7 Å². The lowest BCUT2D eigenvalue weighted by atomic mass is 10.0. The quantitative estimate of drug-likeness (QED) is 0.0372. The predicted octanol–water partition coefficient (Wildman–Crippen LogP) is 14.6. The van der Waals surface area contributed by atoms with E-state index in [-0.39, 0.29) is 0 Å². The molecule has 0 aliphatic rings. The second-order valence-electron chi connectivity index (χ2n) is 16.2. The number of para-hydroxylation sites is 3. The summed E-state index contributed by atoms with van der Waals surface area (Å²) in [5, 5.41) is 15.4. The van der Waals surface area contributed by atoms with E-state index in [0.29, 0.717) is 57.2 Å². The maximum absolute atomic E-state index is 6.43. The maximum atomic E-state index is 6.43. The average Bonchev–Trinajstić information content (AvgIpc) is 3.30. The molecule has 0 N–H and O–H groups in total. The lowest BCUT2D eigenvalue weighted by Crippen LogP contribution is -2.42. The summed E-state index contributed by atoms with van der Waals surface area (Å²) >= 11 is 0. The van der Waals surface area contributed by atoms with E-state index in [1.807, 2.05) is 84.9 Å². The first-order chi connectivity index (χ1) is 30.0. The number of hydrogen-bond donors (Lipinski definition) is 0. The Morgan fingerprint density at radius 3 is 1.03 bits per heavy atom. The fourth-order valence-electron chi connectivity index (χ4n) is 7.17. The highest BCUT2D eigenvalue weighted by Gasteiger charge is 2.40. The third kappa shape index (κ3) is 16.9.